The lowest BCUT2D eigenvalue weighted by atomic mass is 9.68. The largest absolute Gasteiger partial charge is 0.133 e. The zero-order valence-corrected chi connectivity index (χ0v) is 14.9. The Morgan fingerprint density at radius 2 is 2.11 bits per heavy atom. The molecule has 1 aliphatic carbocycles. The molecule has 0 spiro atoms. The smallest absolute Gasteiger partial charge is 0.0701 e. The molecule has 1 saturated carbocycles. The van der Waals surface area contributed by atoms with Crippen molar-refractivity contribution in [3.8, 4) is 0 Å². The van der Waals surface area contributed by atoms with Crippen LogP contribution in [0.1, 0.15) is 56.7 Å². The maximum absolute atomic E-state index is 6.34. The van der Waals surface area contributed by atoms with Gasteiger partial charge in [0.2, 0.25) is 0 Å². The molecule has 108 valence electrons. The molecule has 0 radical (unpaired) electrons. The molecule has 0 N–H and O–H groups in total. The quantitative estimate of drug-likeness (QED) is 0.496. The third-order valence-corrected chi connectivity index (χ3v) is 6.78. The number of halogens is 2. The van der Waals surface area contributed by atoms with Gasteiger partial charge in [-0.15, -0.1) is 22.9 Å². The van der Waals surface area contributed by atoms with Crippen LogP contribution in [0, 0.1) is 11.3 Å². The van der Waals surface area contributed by atoms with Gasteiger partial charge < -0.3 is 0 Å². The molecule has 0 bridgehead atoms. The van der Waals surface area contributed by atoms with E-state index in [9.17, 15) is 0 Å². The number of rotatable bonds is 6. The zero-order chi connectivity index (χ0) is 13.7. The number of hydrogen-bond donors (Lipinski definition) is 0. The Labute approximate surface area is 135 Å². The molecular formula is C16H24BrClS. The van der Waals surface area contributed by atoms with E-state index in [4.69, 9.17) is 11.6 Å². The van der Waals surface area contributed by atoms with Crippen LogP contribution in [0.15, 0.2) is 15.9 Å². The Morgan fingerprint density at radius 1 is 1.37 bits per heavy atom. The lowest BCUT2D eigenvalue weighted by molar-refractivity contribution is 0.167. The molecule has 1 aliphatic rings. The molecule has 19 heavy (non-hydrogen) atoms. The summed E-state index contributed by atoms with van der Waals surface area (Å²) in [6.07, 6.45) is 10.8. The van der Waals surface area contributed by atoms with Crippen LogP contribution in [0.3, 0.4) is 0 Å². The fraction of sp³-hybridized carbons (Fsp3) is 0.750. The van der Waals surface area contributed by atoms with E-state index in [1.165, 1.54) is 60.0 Å². The van der Waals surface area contributed by atoms with E-state index in [1.54, 1.807) is 0 Å². The number of hydrogen-bond acceptors (Lipinski definition) is 1. The molecule has 0 unspecified atom stereocenters. The van der Waals surface area contributed by atoms with E-state index in [2.05, 4.69) is 35.0 Å². The van der Waals surface area contributed by atoms with Crippen molar-refractivity contribution in [2.45, 2.75) is 58.3 Å². The van der Waals surface area contributed by atoms with Gasteiger partial charge in [0.15, 0.2) is 0 Å². The van der Waals surface area contributed by atoms with Gasteiger partial charge in [-0.2, -0.15) is 0 Å². The van der Waals surface area contributed by atoms with Crippen LogP contribution >= 0.6 is 38.9 Å². The maximum Gasteiger partial charge on any atom is 0.0701 e. The fourth-order valence-corrected chi connectivity index (χ4v) is 5.26. The van der Waals surface area contributed by atoms with Crippen LogP contribution < -0.4 is 0 Å². The van der Waals surface area contributed by atoms with Gasteiger partial charge in [0.1, 0.15) is 0 Å². The summed E-state index contributed by atoms with van der Waals surface area (Å²) in [6, 6.07) is 4.42. The molecule has 1 fully saturated rings. The first-order valence-corrected chi connectivity index (χ1v) is 9.62. The second kappa shape index (κ2) is 7.47. The molecule has 0 aromatic carbocycles. The summed E-state index contributed by atoms with van der Waals surface area (Å²) in [7, 11) is 0. The SMILES string of the molecule is CCCCC1CCC(CCl)(Cc2ccc(Br)s2)CC1. The van der Waals surface area contributed by atoms with Gasteiger partial charge in [0, 0.05) is 10.8 Å². The van der Waals surface area contributed by atoms with Crippen LogP contribution in [0.5, 0.6) is 0 Å². The average molecular weight is 364 g/mol. The summed E-state index contributed by atoms with van der Waals surface area (Å²) < 4.78 is 1.24. The molecular weight excluding hydrogens is 340 g/mol. The highest BCUT2D eigenvalue weighted by atomic mass is 79.9. The summed E-state index contributed by atoms with van der Waals surface area (Å²) in [6.45, 7) is 2.29. The highest BCUT2D eigenvalue weighted by Gasteiger charge is 2.34. The second-order valence-electron chi connectivity index (χ2n) is 6.10. The topological polar surface area (TPSA) is 0 Å². The summed E-state index contributed by atoms with van der Waals surface area (Å²) in [5.41, 5.74) is 0.370. The van der Waals surface area contributed by atoms with Crippen LogP contribution in [0.2, 0.25) is 0 Å². The van der Waals surface area contributed by atoms with Gasteiger partial charge in [-0.05, 0) is 71.5 Å². The normalized spacial score (nSPS) is 27.6. The van der Waals surface area contributed by atoms with Gasteiger partial charge >= 0.3 is 0 Å². The Kier molecular flexibility index (Phi) is 6.23. The van der Waals surface area contributed by atoms with Crippen molar-refractivity contribution in [1.82, 2.24) is 0 Å². The predicted molar refractivity (Wildman–Crippen MR) is 90.4 cm³/mol. The molecule has 2 rings (SSSR count). The highest BCUT2D eigenvalue weighted by Crippen LogP contribution is 2.44. The van der Waals surface area contributed by atoms with E-state index < -0.39 is 0 Å². The number of unbranched alkanes of at least 4 members (excludes halogenated alkanes) is 1. The first kappa shape index (κ1) is 15.9. The minimum atomic E-state index is 0.370. The predicted octanol–water partition coefficient (Wildman–Crippen LogP) is 6.66. The minimum Gasteiger partial charge on any atom is -0.133 e. The lowest BCUT2D eigenvalue weighted by Crippen LogP contribution is -2.31. The van der Waals surface area contributed by atoms with Crippen molar-refractivity contribution < 1.29 is 0 Å². The van der Waals surface area contributed by atoms with Crippen molar-refractivity contribution in [2.75, 3.05) is 5.88 Å². The summed E-state index contributed by atoms with van der Waals surface area (Å²) in [5.74, 6) is 1.79. The molecule has 1 aromatic rings. The van der Waals surface area contributed by atoms with E-state index >= 15 is 0 Å². The Hall–Kier alpha value is 0.470. The third-order valence-electron chi connectivity index (χ3n) is 4.59. The zero-order valence-electron chi connectivity index (χ0n) is 11.8. The maximum atomic E-state index is 6.34. The van der Waals surface area contributed by atoms with Gasteiger partial charge in [-0.25, -0.2) is 0 Å². The summed E-state index contributed by atoms with van der Waals surface area (Å²) in [4.78, 5) is 1.49. The van der Waals surface area contributed by atoms with E-state index in [0.717, 1.165) is 11.8 Å². The fourth-order valence-electron chi connectivity index (χ4n) is 3.25. The van der Waals surface area contributed by atoms with E-state index in [0.29, 0.717) is 5.41 Å². The monoisotopic (exact) mass is 362 g/mol. The van der Waals surface area contributed by atoms with E-state index in [1.807, 2.05) is 11.3 Å². The first-order chi connectivity index (χ1) is 9.17. The standard InChI is InChI=1S/C16H24BrClS/c1-2-3-4-13-7-9-16(12-18,10-8-13)11-14-5-6-15(17)19-14/h5-6,13H,2-4,7-12H2,1H3. The minimum absolute atomic E-state index is 0.370. The van der Waals surface area contributed by atoms with Crippen LogP contribution in [-0.4, -0.2) is 5.88 Å². The highest BCUT2D eigenvalue weighted by molar-refractivity contribution is 9.11. The molecule has 0 atom stereocenters. The number of alkyl halides is 1. The molecule has 3 heteroatoms. The second-order valence-corrected chi connectivity index (χ2v) is 8.92. The van der Waals surface area contributed by atoms with Crippen LogP contribution in [0.4, 0.5) is 0 Å². The lowest BCUT2D eigenvalue weighted by Gasteiger charge is -2.39. The van der Waals surface area contributed by atoms with Crippen molar-refractivity contribution in [3.63, 3.8) is 0 Å². The molecule has 1 aromatic heterocycles. The van der Waals surface area contributed by atoms with Crippen molar-refractivity contribution in [2.24, 2.45) is 11.3 Å². The first-order valence-electron chi connectivity index (χ1n) is 7.47. The van der Waals surface area contributed by atoms with Gasteiger partial charge in [0.25, 0.3) is 0 Å². The molecule has 0 saturated heterocycles. The van der Waals surface area contributed by atoms with Crippen molar-refractivity contribution >= 4 is 38.9 Å². The summed E-state index contributed by atoms with van der Waals surface area (Å²) >= 11 is 11.8. The molecule has 0 aliphatic heterocycles. The van der Waals surface area contributed by atoms with Gasteiger partial charge in [-0.1, -0.05) is 26.2 Å². The number of thiophene rings is 1. The molecule has 1 heterocycles. The summed E-state index contributed by atoms with van der Waals surface area (Å²) in [5, 5.41) is 0. The average Bonchev–Trinajstić information content (AvgIpc) is 2.83. The van der Waals surface area contributed by atoms with Crippen molar-refractivity contribution in [3.05, 3.63) is 20.8 Å². The Bertz CT molecular complexity index is 380. The molecule has 0 nitrogen and oxygen atoms in total. The Morgan fingerprint density at radius 3 is 2.63 bits per heavy atom. The van der Waals surface area contributed by atoms with Crippen LogP contribution in [0.25, 0.3) is 0 Å². The molecule has 0 amide bonds. The third kappa shape index (κ3) is 4.47. The van der Waals surface area contributed by atoms with E-state index in [-0.39, 0.29) is 0 Å². The van der Waals surface area contributed by atoms with Gasteiger partial charge in [0.05, 0.1) is 3.79 Å². The van der Waals surface area contributed by atoms with Crippen molar-refractivity contribution in [1.29, 1.82) is 0 Å². The van der Waals surface area contributed by atoms with Crippen LogP contribution in [-0.2, 0) is 6.42 Å². The Balaban J connectivity index is 1.90. The van der Waals surface area contributed by atoms with Gasteiger partial charge in [-0.3, -0.25) is 0 Å².